The number of benzene rings is 2. The number of halogens is 1. The molecule has 0 aliphatic rings. The fraction of sp³-hybridized carbons (Fsp3) is 0.0714. The molecule has 4 heteroatoms. The molecule has 0 heterocycles. The molecular weight excluding hydrogens is 292 g/mol. The van der Waals surface area contributed by atoms with Gasteiger partial charge in [0.25, 0.3) is 0 Å². The lowest BCUT2D eigenvalue weighted by Crippen LogP contribution is -2.10. The van der Waals surface area contributed by atoms with Gasteiger partial charge in [-0.05, 0) is 42.0 Å². The molecule has 0 spiro atoms. The van der Waals surface area contributed by atoms with Crippen LogP contribution in [-0.2, 0) is 6.61 Å². The third kappa shape index (κ3) is 3.34. The zero-order valence-electron chi connectivity index (χ0n) is 9.69. The third-order valence-electron chi connectivity index (χ3n) is 2.46. The maximum atomic E-state index is 7.30. The van der Waals surface area contributed by atoms with E-state index in [0.717, 1.165) is 15.8 Å². The van der Waals surface area contributed by atoms with Crippen LogP contribution in [0.4, 0.5) is 0 Å². The van der Waals surface area contributed by atoms with Gasteiger partial charge in [-0.1, -0.05) is 28.1 Å². The van der Waals surface area contributed by atoms with Crippen LogP contribution in [0.5, 0.6) is 5.75 Å². The first-order chi connectivity index (χ1) is 8.65. The Morgan fingerprint density at radius 2 is 1.89 bits per heavy atom. The summed E-state index contributed by atoms with van der Waals surface area (Å²) in [4.78, 5) is 0. The summed E-state index contributed by atoms with van der Waals surface area (Å²) in [5, 5.41) is 7.30. The Kier molecular flexibility index (Phi) is 3.99. The van der Waals surface area contributed by atoms with Gasteiger partial charge in [0, 0.05) is 10.0 Å². The molecule has 0 aliphatic carbocycles. The van der Waals surface area contributed by atoms with Crippen molar-refractivity contribution in [2.75, 3.05) is 0 Å². The van der Waals surface area contributed by atoms with Crippen LogP contribution in [0.15, 0.2) is 53.0 Å². The molecule has 3 nitrogen and oxygen atoms in total. The lowest BCUT2D eigenvalue weighted by atomic mass is 10.2. The van der Waals surface area contributed by atoms with Gasteiger partial charge in [0.1, 0.15) is 18.2 Å². The molecule has 0 saturated heterocycles. The first kappa shape index (κ1) is 12.6. The van der Waals surface area contributed by atoms with Crippen LogP contribution in [-0.4, -0.2) is 5.84 Å². The number of rotatable bonds is 4. The van der Waals surface area contributed by atoms with E-state index in [1.807, 2.05) is 36.4 Å². The van der Waals surface area contributed by atoms with Gasteiger partial charge in [-0.3, -0.25) is 5.41 Å². The van der Waals surface area contributed by atoms with E-state index in [9.17, 15) is 0 Å². The van der Waals surface area contributed by atoms with E-state index in [-0.39, 0.29) is 5.84 Å². The summed E-state index contributed by atoms with van der Waals surface area (Å²) in [5.74, 6) is 0.827. The zero-order chi connectivity index (χ0) is 13.0. The van der Waals surface area contributed by atoms with Gasteiger partial charge in [-0.25, -0.2) is 0 Å². The van der Waals surface area contributed by atoms with Crippen molar-refractivity contribution in [3.63, 3.8) is 0 Å². The maximum absolute atomic E-state index is 7.30. The fourth-order valence-electron chi connectivity index (χ4n) is 1.52. The van der Waals surface area contributed by atoms with Crippen molar-refractivity contribution in [3.05, 3.63) is 64.1 Å². The Morgan fingerprint density at radius 1 is 1.17 bits per heavy atom. The van der Waals surface area contributed by atoms with Crippen LogP contribution >= 0.6 is 15.9 Å². The fourth-order valence-corrected chi connectivity index (χ4v) is 1.97. The molecule has 2 aromatic rings. The molecule has 0 aromatic heterocycles. The highest BCUT2D eigenvalue weighted by Crippen LogP contribution is 2.16. The lowest BCUT2D eigenvalue weighted by molar-refractivity contribution is 0.306. The monoisotopic (exact) mass is 304 g/mol. The predicted molar refractivity (Wildman–Crippen MR) is 75.9 cm³/mol. The molecule has 0 amide bonds. The zero-order valence-corrected chi connectivity index (χ0v) is 11.3. The van der Waals surface area contributed by atoms with Gasteiger partial charge in [0.05, 0.1) is 0 Å². The smallest absolute Gasteiger partial charge is 0.122 e. The minimum absolute atomic E-state index is 0.0635. The summed E-state index contributed by atoms with van der Waals surface area (Å²) in [6, 6.07) is 15.2. The summed E-state index contributed by atoms with van der Waals surface area (Å²) >= 11 is 3.42. The molecule has 0 unspecified atom stereocenters. The van der Waals surface area contributed by atoms with Crippen LogP contribution in [0.1, 0.15) is 11.1 Å². The maximum Gasteiger partial charge on any atom is 0.122 e. The van der Waals surface area contributed by atoms with Crippen molar-refractivity contribution < 1.29 is 4.74 Å². The van der Waals surface area contributed by atoms with E-state index in [4.69, 9.17) is 15.9 Å². The van der Waals surface area contributed by atoms with Crippen LogP contribution < -0.4 is 10.5 Å². The van der Waals surface area contributed by atoms with Crippen molar-refractivity contribution in [2.24, 2.45) is 5.73 Å². The minimum atomic E-state index is 0.0635. The predicted octanol–water partition coefficient (Wildman–Crippen LogP) is 3.31. The molecule has 3 N–H and O–H groups in total. The Bertz CT molecular complexity index is 552. The van der Waals surface area contributed by atoms with E-state index in [1.54, 1.807) is 12.1 Å². The molecule has 0 atom stereocenters. The molecule has 2 rings (SSSR count). The third-order valence-corrected chi connectivity index (χ3v) is 2.95. The van der Waals surface area contributed by atoms with Gasteiger partial charge in [-0.2, -0.15) is 0 Å². The lowest BCUT2D eigenvalue weighted by Gasteiger charge is -2.07. The average Bonchev–Trinajstić information content (AvgIpc) is 2.37. The van der Waals surface area contributed by atoms with Crippen molar-refractivity contribution in [3.8, 4) is 5.75 Å². The SMILES string of the molecule is N=C(N)c1ccc(OCc2cccc(Br)c2)cc1. The Balaban J connectivity index is 2.00. The second-order valence-electron chi connectivity index (χ2n) is 3.86. The normalized spacial score (nSPS) is 10.1. The van der Waals surface area contributed by atoms with Crippen LogP contribution in [0.3, 0.4) is 0 Å². The van der Waals surface area contributed by atoms with Crippen molar-refractivity contribution in [1.29, 1.82) is 5.41 Å². The summed E-state index contributed by atoms with van der Waals surface area (Å²) in [5.41, 5.74) is 7.18. The van der Waals surface area contributed by atoms with E-state index < -0.39 is 0 Å². The van der Waals surface area contributed by atoms with Crippen molar-refractivity contribution in [2.45, 2.75) is 6.61 Å². The van der Waals surface area contributed by atoms with Gasteiger partial charge in [0.2, 0.25) is 0 Å². The highest BCUT2D eigenvalue weighted by molar-refractivity contribution is 9.10. The van der Waals surface area contributed by atoms with Crippen molar-refractivity contribution >= 4 is 21.8 Å². The van der Waals surface area contributed by atoms with E-state index >= 15 is 0 Å². The molecule has 0 bridgehead atoms. The highest BCUT2D eigenvalue weighted by atomic mass is 79.9. The van der Waals surface area contributed by atoms with Crippen molar-refractivity contribution in [1.82, 2.24) is 0 Å². The Morgan fingerprint density at radius 3 is 2.50 bits per heavy atom. The molecule has 0 aliphatic heterocycles. The molecule has 92 valence electrons. The van der Waals surface area contributed by atoms with Crippen LogP contribution in [0, 0.1) is 5.41 Å². The number of amidine groups is 1. The number of hydrogen-bond donors (Lipinski definition) is 2. The Hall–Kier alpha value is -1.81. The quantitative estimate of drug-likeness (QED) is 0.672. The summed E-state index contributed by atoms with van der Waals surface area (Å²) in [6.45, 7) is 0.513. The topological polar surface area (TPSA) is 59.1 Å². The number of nitrogens with two attached hydrogens (primary N) is 1. The number of ether oxygens (including phenoxy) is 1. The molecule has 0 saturated carbocycles. The van der Waals surface area contributed by atoms with E-state index in [2.05, 4.69) is 15.9 Å². The van der Waals surface area contributed by atoms with Gasteiger partial charge < -0.3 is 10.5 Å². The van der Waals surface area contributed by atoms with Gasteiger partial charge >= 0.3 is 0 Å². The summed E-state index contributed by atoms with van der Waals surface area (Å²) < 4.78 is 6.69. The molecule has 2 aromatic carbocycles. The van der Waals surface area contributed by atoms with E-state index in [0.29, 0.717) is 12.2 Å². The van der Waals surface area contributed by atoms with Crippen LogP contribution in [0.25, 0.3) is 0 Å². The average molecular weight is 305 g/mol. The standard InChI is InChI=1S/C14H13BrN2O/c15-12-3-1-2-10(8-12)9-18-13-6-4-11(5-7-13)14(16)17/h1-8H,9H2,(H3,16,17). The highest BCUT2D eigenvalue weighted by Gasteiger charge is 1.99. The Labute approximate surface area is 114 Å². The second kappa shape index (κ2) is 5.69. The molecule has 18 heavy (non-hydrogen) atoms. The molecular formula is C14H13BrN2O. The largest absolute Gasteiger partial charge is 0.489 e. The summed E-state index contributed by atoms with van der Waals surface area (Å²) in [6.07, 6.45) is 0. The van der Waals surface area contributed by atoms with Gasteiger partial charge in [-0.15, -0.1) is 0 Å². The summed E-state index contributed by atoms with van der Waals surface area (Å²) in [7, 11) is 0. The molecule has 0 radical (unpaired) electrons. The van der Waals surface area contributed by atoms with Gasteiger partial charge in [0.15, 0.2) is 0 Å². The van der Waals surface area contributed by atoms with E-state index in [1.165, 1.54) is 0 Å². The van der Waals surface area contributed by atoms with Crippen LogP contribution in [0.2, 0.25) is 0 Å². The first-order valence-corrected chi connectivity index (χ1v) is 6.26. The number of hydrogen-bond acceptors (Lipinski definition) is 2. The minimum Gasteiger partial charge on any atom is -0.489 e. The first-order valence-electron chi connectivity index (χ1n) is 5.47. The molecule has 0 fully saturated rings. The second-order valence-corrected chi connectivity index (χ2v) is 4.77. The number of nitrogens with one attached hydrogen (secondary N) is 1. The number of nitrogen functional groups attached to an aromatic ring is 1.